The van der Waals surface area contributed by atoms with E-state index in [1.165, 1.54) is 18.9 Å². The number of rotatable bonds is 2. The van der Waals surface area contributed by atoms with E-state index in [0.717, 1.165) is 26.2 Å². The number of carbonyl (C=O) groups excluding carboxylic acids is 1. The first-order valence-corrected chi connectivity index (χ1v) is 5.38. The van der Waals surface area contributed by atoms with Gasteiger partial charge in [0.25, 0.3) is 0 Å². The zero-order valence-corrected chi connectivity index (χ0v) is 8.83. The van der Waals surface area contributed by atoms with Crippen molar-refractivity contribution in [3.8, 4) is 0 Å². The van der Waals surface area contributed by atoms with Crippen molar-refractivity contribution < 1.29 is 4.79 Å². The SMILES string of the molecule is C=CC(=O)N1CCN(CC)C2(CC2)C1. The molecule has 1 heterocycles. The fourth-order valence-electron chi connectivity index (χ4n) is 2.44. The fraction of sp³-hybridized carbons (Fsp3) is 0.727. The predicted molar refractivity (Wildman–Crippen MR) is 56.0 cm³/mol. The number of hydrogen-bond acceptors (Lipinski definition) is 2. The quantitative estimate of drug-likeness (QED) is 0.609. The number of piperazine rings is 1. The molecule has 0 N–H and O–H groups in total. The number of amides is 1. The standard InChI is InChI=1S/C11H18N2O/c1-3-10(14)12-7-8-13(4-2)11(9-12)5-6-11/h3H,1,4-9H2,2H3. The topological polar surface area (TPSA) is 23.6 Å². The van der Waals surface area contributed by atoms with Crippen LogP contribution < -0.4 is 0 Å². The Hall–Kier alpha value is -0.830. The van der Waals surface area contributed by atoms with Crippen molar-refractivity contribution in [2.45, 2.75) is 25.3 Å². The van der Waals surface area contributed by atoms with E-state index in [1.54, 1.807) is 0 Å². The first-order valence-electron chi connectivity index (χ1n) is 5.38. The van der Waals surface area contributed by atoms with Gasteiger partial charge in [0.15, 0.2) is 0 Å². The zero-order valence-electron chi connectivity index (χ0n) is 8.83. The normalized spacial score (nSPS) is 25.1. The van der Waals surface area contributed by atoms with Crippen LogP contribution in [0.25, 0.3) is 0 Å². The van der Waals surface area contributed by atoms with Gasteiger partial charge in [-0.15, -0.1) is 0 Å². The van der Waals surface area contributed by atoms with Crippen LogP contribution in [0.5, 0.6) is 0 Å². The summed E-state index contributed by atoms with van der Waals surface area (Å²) in [6.07, 6.45) is 3.93. The second-order valence-electron chi connectivity index (χ2n) is 4.27. The third-order valence-corrected chi connectivity index (χ3v) is 3.49. The molecule has 1 amide bonds. The van der Waals surface area contributed by atoms with Crippen LogP contribution in [0.1, 0.15) is 19.8 Å². The molecule has 78 valence electrons. The molecule has 1 spiro atoms. The van der Waals surface area contributed by atoms with E-state index in [9.17, 15) is 4.79 Å². The van der Waals surface area contributed by atoms with Gasteiger partial charge in [-0.1, -0.05) is 13.5 Å². The van der Waals surface area contributed by atoms with Gasteiger partial charge in [-0.3, -0.25) is 9.69 Å². The lowest BCUT2D eigenvalue weighted by Gasteiger charge is -2.41. The molecule has 2 aliphatic rings. The molecule has 0 aromatic carbocycles. The first-order chi connectivity index (χ1) is 6.72. The maximum Gasteiger partial charge on any atom is 0.246 e. The molecule has 1 saturated heterocycles. The minimum atomic E-state index is 0.0898. The Labute approximate surface area is 85.4 Å². The van der Waals surface area contributed by atoms with Crippen molar-refractivity contribution >= 4 is 5.91 Å². The summed E-state index contributed by atoms with van der Waals surface area (Å²) < 4.78 is 0. The van der Waals surface area contributed by atoms with Gasteiger partial charge in [0.1, 0.15) is 0 Å². The molecule has 1 aliphatic carbocycles. The van der Waals surface area contributed by atoms with Gasteiger partial charge >= 0.3 is 0 Å². The van der Waals surface area contributed by atoms with E-state index >= 15 is 0 Å². The van der Waals surface area contributed by atoms with Crippen LogP contribution >= 0.6 is 0 Å². The molecule has 2 fully saturated rings. The third-order valence-electron chi connectivity index (χ3n) is 3.49. The summed E-state index contributed by atoms with van der Waals surface area (Å²) in [5.74, 6) is 0.0898. The summed E-state index contributed by atoms with van der Waals surface area (Å²) in [5, 5.41) is 0. The van der Waals surface area contributed by atoms with Gasteiger partial charge in [0.05, 0.1) is 0 Å². The van der Waals surface area contributed by atoms with Crippen molar-refractivity contribution in [3.63, 3.8) is 0 Å². The highest BCUT2D eigenvalue weighted by atomic mass is 16.2. The molecule has 0 aromatic heterocycles. The van der Waals surface area contributed by atoms with Gasteiger partial charge < -0.3 is 4.90 Å². The largest absolute Gasteiger partial charge is 0.336 e. The van der Waals surface area contributed by atoms with Gasteiger partial charge in [-0.05, 0) is 25.5 Å². The Morgan fingerprint density at radius 2 is 2.21 bits per heavy atom. The molecular weight excluding hydrogens is 176 g/mol. The van der Waals surface area contributed by atoms with Gasteiger partial charge in [0, 0.05) is 25.2 Å². The summed E-state index contributed by atoms with van der Waals surface area (Å²) in [6, 6.07) is 0. The first kappa shape index (κ1) is 9.71. The van der Waals surface area contributed by atoms with Gasteiger partial charge in [0.2, 0.25) is 5.91 Å². The molecule has 0 atom stereocenters. The van der Waals surface area contributed by atoms with Crippen LogP contribution in [0.2, 0.25) is 0 Å². The van der Waals surface area contributed by atoms with E-state index in [2.05, 4.69) is 18.4 Å². The molecule has 3 heteroatoms. The molecule has 0 bridgehead atoms. The lowest BCUT2D eigenvalue weighted by atomic mass is 10.1. The molecule has 14 heavy (non-hydrogen) atoms. The lowest BCUT2D eigenvalue weighted by molar-refractivity contribution is -0.129. The minimum absolute atomic E-state index is 0.0898. The number of nitrogens with zero attached hydrogens (tertiary/aromatic N) is 2. The van der Waals surface area contributed by atoms with Crippen LogP contribution in [-0.4, -0.2) is 47.4 Å². The maximum absolute atomic E-state index is 11.5. The highest BCUT2D eigenvalue weighted by molar-refractivity contribution is 5.87. The zero-order chi connectivity index (χ0) is 10.2. The number of hydrogen-bond donors (Lipinski definition) is 0. The summed E-state index contributed by atoms with van der Waals surface area (Å²) >= 11 is 0. The van der Waals surface area contributed by atoms with Crippen molar-refractivity contribution in [2.75, 3.05) is 26.2 Å². The number of likely N-dealkylation sites (N-methyl/N-ethyl adjacent to an activating group) is 1. The van der Waals surface area contributed by atoms with Crippen molar-refractivity contribution in [1.29, 1.82) is 0 Å². The second kappa shape index (κ2) is 3.39. The van der Waals surface area contributed by atoms with E-state index in [4.69, 9.17) is 0 Å². The molecular formula is C11H18N2O. The average molecular weight is 194 g/mol. The smallest absolute Gasteiger partial charge is 0.246 e. The Kier molecular flexibility index (Phi) is 2.35. The van der Waals surface area contributed by atoms with Crippen LogP contribution in [0, 0.1) is 0 Å². The molecule has 0 unspecified atom stereocenters. The molecule has 0 radical (unpaired) electrons. The van der Waals surface area contributed by atoms with E-state index in [1.807, 2.05) is 4.90 Å². The summed E-state index contributed by atoms with van der Waals surface area (Å²) in [7, 11) is 0. The molecule has 0 aromatic rings. The van der Waals surface area contributed by atoms with Crippen LogP contribution in [0.4, 0.5) is 0 Å². The van der Waals surface area contributed by atoms with Crippen LogP contribution in [-0.2, 0) is 4.79 Å². The number of carbonyl (C=O) groups is 1. The minimum Gasteiger partial charge on any atom is -0.336 e. The maximum atomic E-state index is 11.5. The van der Waals surface area contributed by atoms with Crippen LogP contribution in [0.15, 0.2) is 12.7 Å². The average Bonchev–Trinajstić information content (AvgIpc) is 2.97. The highest BCUT2D eigenvalue weighted by Crippen LogP contribution is 2.43. The van der Waals surface area contributed by atoms with Crippen LogP contribution in [0.3, 0.4) is 0 Å². The fourth-order valence-corrected chi connectivity index (χ4v) is 2.44. The summed E-state index contributed by atoms with van der Waals surface area (Å²) in [6.45, 7) is 9.64. The summed E-state index contributed by atoms with van der Waals surface area (Å²) in [4.78, 5) is 15.9. The van der Waals surface area contributed by atoms with Crippen molar-refractivity contribution in [2.24, 2.45) is 0 Å². The monoisotopic (exact) mass is 194 g/mol. The lowest BCUT2D eigenvalue weighted by Crippen LogP contribution is -2.55. The van der Waals surface area contributed by atoms with E-state index < -0.39 is 0 Å². The van der Waals surface area contributed by atoms with Gasteiger partial charge in [-0.25, -0.2) is 0 Å². The second-order valence-corrected chi connectivity index (χ2v) is 4.27. The van der Waals surface area contributed by atoms with E-state index in [-0.39, 0.29) is 5.91 Å². The Balaban J connectivity index is 2.03. The highest BCUT2D eigenvalue weighted by Gasteiger charge is 2.50. The molecule has 3 nitrogen and oxygen atoms in total. The van der Waals surface area contributed by atoms with Crippen molar-refractivity contribution in [1.82, 2.24) is 9.80 Å². The van der Waals surface area contributed by atoms with Crippen molar-refractivity contribution in [3.05, 3.63) is 12.7 Å². The van der Waals surface area contributed by atoms with Gasteiger partial charge in [-0.2, -0.15) is 0 Å². The molecule has 1 saturated carbocycles. The molecule has 1 aliphatic heterocycles. The Morgan fingerprint density at radius 3 is 2.71 bits per heavy atom. The van der Waals surface area contributed by atoms with E-state index in [0.29, 0.717) is 5.54 Å². The molecule has 2 rings (SSSR count). The Bertz CT molecular complexity index is 258. The third kappa shape index (κ3) is 1.46. The predicted octanol–water partition coefficient (Wildman–Crippen LogP) is 0.869. The Morgan fingerprint density at radius 1 is 1.50 bits per heavy atom. The summed E-state index contributed by atoms with van der Waals surface area (Å²) in [5.41, 5.74) is 0.339.